The standard InChI is InChI=1S/C6H7NO6/c8-2-6(11)1-7-5(6)12-3(9)4(10)13-7/h5,8,11H,1-2H2. The molecule has 0 aromatic rings. The smallest absolute Gasteiger partial charge is 0.431 e. The van der Waals surface area contributed by atoms with E-state index in [0.29, 0.717) is 0 Å². The first-order valence-electron chi connectivity index (χ1n) is 3.59. The predicted molar refractivity (Wildman–Crippen MR) is 34.7 cm³/mol. The molecular formula is C6H7NO6. The van der Waals surface area contributed by atoms with Gasteiger partial charge >= 0.3 is 11.9 Å². The van der Waals surface area contributed by atoms with Crippen LogP contribution < -0.4 is 0 Å². The molecule has 72 valence electrons. The molecule has 0 aliphatic carbocycles. The fraction of sp³-hybridized carbons (Fsp3) is 0.667. The third kappa shape index (κ3) is 1.01. The van der Waals surface area contributed by atoms with E-state index in [1.165, 1.54) is 0 Å². The van der Waals surface area contributed by atoms with Crippen molar-refractivity contribution in [3.8, 4) is 0 Å². The Bertz CT molecular complexity index is 278. The molecule has 0 aromatic heterocycles. The Labute approximate surface area is 72.4 Å². The summed E-state index contributed by atoms with van der Waals surface area (Å²) >= 11 is 0. The molecule has 13 heavy (non-hydrogen) atoms. The fourth-order valence-electron chi connectivity index (χ4n) is 1.26. The van der Waals surface area contributed by atoms with Crippen LogP contribution >= 0.6 is 0 Å². The maximum Gasteiger partial charge on any atom is 0.436 e. The van der Waals surface area contributed by atoms with Crippen LogP contribution in [0.2, 0.25) is 0 Å². The molecule has 2 unspecified atom stereocenters. The van der Waals surface area contributed by atoms with Crippen molar-refractivity contribution in [3.05, 3.63) is 0 Å². The van der Waals surface area contributed by atoms with Crippen molar-refractivity contribution in [1.29, 1.82) is 0 Å². The van der Waals surface area contributed by atoms with Crippen LogP contribution in [-0.4, -0.2) is 52.2 Å². The Morgan fingerprint density at radius 1 is 1.54 bits per heavy atom. The fourth-order valence-corrected chi connectivity index (χ4v) is 1.26. The first-order valence-corrected chi connectivity index (χ1v) is 3.59. The maximum atomic E-state index is 10.7. The summed E-state index contributed by atoms with van der Waals surface area (Å²) in [6.07, 6.45) is -1.08. The van der Waals surface area contributed by atoms with E-state index in [-0.39, 0.29) is 6.54 Å². The summed E-state index contributed by atoms with van der Waals surface area (Å²) in [5, 5.41) is 19.2. The Kier molecular flexibility index (Phi) is 1.56. The largest absolute Gasteiger partial charge is 0.436 e. The Morgan fingerprint density at radius 3 is 2.85 bits per heavy atom. The molecule has 2 heterocycles. The molecule has 7 nitrogen and oxygen atoms in total. The molecule has 2 N–H and O–H groups in total. The average Bonchev–Trinajstić information content (AvgIpc) is 2.10. The molecule has 2 aliphatic rings. The second-order valence-corrected chi connectivity index (χ2v) is 2.97. The Morgan fingerprint density at radius 2 is 2.23 bits per heavy atom. The molecule has 0 saturated carbocycles. The number of esters is 1. The highest BCUT2D eigenvalue weighted by atomic mass is 16.8. The molecule has 0 aromatic carbocycles. The topological polar surface area (TPSA) is 96.3 Å². The Hall–Kier alpha value is -1.18. The molecule has 0 amide bonds. The monoisotopic (exact) mass is 189 g/mol. The number of nitrogens with zero attached hydrogens (tertiary/aromatic N) is 1. The van der Waals surface area contributed by atoms with E-state index in [9.17, 15) is 14.7 Å². The summed E-state index contributed by atoms with van der Waals surface area (Å²) in [6, 6.07) is 0. The summed E-state index contributed by atoms with van der Waals surface area (Å²) < 4.78 is 4.51. The van der Waals surface area contributed by atoms with Gasteiger partial charge < -0.3 is 19.8 Å². The maximum absolute atomic E-state index is 10.7. The van der Waals surface area contributed by atoms with Gasteiger partial charge in [-0.3, -0.25) is 0 Å². The van der Waals surface area contributed by atoms with E-state index < -0.39 is 30.4 Å². The molecule has 2 aliphatic heterocycles. The van der Waals surface area contributed by atoms with Crippen LogP contribution in [0.5, 0.6) is 0 Å². The van der Waals surface area contributed by atoms with Crippen LogP contribution in [0.1, 0.15) is 0 Å². The quantitative estimate of drug-likeness (QED) is 0.344. The molecule has 0 bridgehead atoms. The first-order chi connectivity index (χ1) is 6.07. The summed E-state index contributed by atoms with van der Waals surface area (Å²) in [4.78, 5) is 25.7. The number of carbonyl (C=O) groups is 2. The van der Waals surface area contributed by atoms with E-state index >= 15 is 0 Å². The summed E-state index contributed by atoms with van der Waals surface area (Å²) in [7, 11) is 0. The summed E-state index contributed by atoms with van der Waals surface area (Å²) in [6.45, 7) is -0.619. The third-order valence-electron chi connectivity index (χ3n) is 2.01. The minimum atomic E-state index is -1.52. The second-order valence-electron chi connectivity index (χ2n) is 2.97. The van der Waals surface area contributed by atoms with Gasteiger partial charge in [-0.15, -0.1) is 0 Å². The molecule has 2 rings (SSSR count). The van der Waals surface area contributed by atoms with Crippen molar-refractivity contribution in [1.82, 2.24) is 5.06 Å². The lowest BCUT2D eigenvalue weighted by Crippen LogP contribution is -2.75. The third-order valence-corrected chi connectivity index (χ3v) is 2.01. The lowest BCUT2D eigenvalue weighted by Gasteiger charge is -2.50. The van der Waals surface area contributed by atoms with Gasteiger partial charge in [0.25, 0.3) is 0 Å². The van der Waals surface area contributed by atoms with Gasteiger partial charge in [0.1, 0.15) is 0 Å². The van der Waals surface area contributed by atoms with Gasteiger partial charge in [0.15, 0.2) is 5.60 Å². The van der Waals surface area contributed by atoms with Crippen LogP contribution in [0.3, 0.4) is 0 Å². The highest BCUT2D eigenvalue weighted by Gasteiger charge is 2.60. The van der Waals surface area contributed by atoms with E-state index in [2.05, 4.69) is 9.57 Å². The summed E-state index contributed by atoms with van der Waals surface area (Å²) in [5.74, 6) is -2.27. The SMILES string of the molecule is O=C1OC2N(CC2(O)CO)OC1=O. The van der Waals surface area contributed by atoms with Crippen molar-refractivity contribution in [3.63, 3.8) is 0 Å². The molecule has 7 heteroatoms. The second kappa shape index (κ2) is 2.41. The van der Waals surface area contributed by atoms with Crippen molar-refractivity contribution >= 4 is 11.9 Å². The van der Waals surface area contributed by atoms with Gasteiger partial charge in [-0.2, -0.15) is 0 Å². The van der Waals surface area contributed by atoms with Crippen LogP contribution in [0.15, 0.2) is 0 Å². The van der Waals surface area contributed by atoms with Gasteiger partial charge in [0.2, 0.25) is 6.23 Å². The van der Waals surface area contributed by atoms with Crippen LogP contribution in [0.25, 0.3) is 0 Å². The highest BCUT2D eigenvalue weighted by Crippen LogP contribution is 2.32. The number of aliphatic hydroxyl groups excluding tert-OH is 1. The normalized spacial score (nSPS) is 38.8. The van der Waals surface area contributed by atoms with Crippen molar-refractivity contribution < 1.29 is 29.4 Å². The lowest BCUT2D eigenvalue weighted by atomic mass is 9.94. The number of ether oxygens (including phenoxy) is 1. The number of hydrogen-bond acceptors (Lipinski definition) is 7. The van der Waals surface area contributed by atoms with Crippen LogP contribution in [0.4, 0.5) is 0 Å². The minimum absolute atomic E-state index is 0.0623. The molecule has 2 fully saturated rings. The van der Waals surface area contributed by atoms with Gasteiger partial charge in [0, 0.05) is 0 Å². The average molecular weight is 189 g/mol. The van der Waals surface area contributed by atoms with E-state index in [4.69, 9.17) is 5.11 Å². The molecule has 0 spiro atoms. The number of carbonyl (C=O) groups excluding carboxylic acids is 2. The zero-order valence-corrected chi connectivity index (χ0v) is 6.47. The molecule has 0 radical (unpaired) electrons. The number of rotatable bonds is 1. The number of fused-ring (bicyclic) bond motifs is 1. The molecular weight excluding hydrogens is 182 g/mol. The van der Waals surface area contributed by atoms with Crippen LogP contribution in [-0.2, 0) is 19.2 Å². The van der Waals surface area contributed by atoms with Gasteiger partial charge in [0.05, 0.1) is 13.2 Å². The zero-order valence-electron chi connectivity index (χ0n) is 6.47. The first kappa shape index (κ1) is 8.42. The summed E-state index contributed by atoms with van der Waals surface area (Å²) in [5.41, 5.74) is -1.52. The van der Waals surface area contributed by atoms with E-state index in [1.807, 2.05) is 0 Å². The number of aliphatic hydroxyl groups is 2. The van der Waals surface area contributed by atoms with Gasteiger partial charge in [-0.05, 0) is 0 Å². The predicted octanol–water partition coefficient (Wildman–Crippen LogP) is -2.63. The van der Waals surface area contributed by atoms with Crippen molar-refractivity contribution in [2.75, 3.05) is 13.2 Å². The van der Waals surface area contributed by atoms with Gasteiger partial charge in [-0.1, -0.05) is 5.06 Å². The Balaban J connectivity index is 2.11. The van der Waals surface area contributed by atoms with E-state index in [0.717, 1.165) is 5.06 Å². The van der Waals surface area contributed by atoms with E-state index in [1.54, 1.807) is 0 Å². The molecule has 2 atom stereocenters. The van der Waals surface area contributed by atoms with Gasteiger partial charge in [-0.25, -0.2) is 9.59 Å². The lowest BCUT2D eigenvalue weighted by molar-refractivity contribution is -0.372. The van der Waals surface area contributed by atoms with Crippen molar-refractivity contribution in [2.45, 2.75) is 11.8 Å². The molecule has 2 saturated heterocycles. The van der Waals surface area contributed by atoms with Crippen LogP contribution in [0, 0.1) is 0 Å². The number of hydroxylamine groups is 2. The van der Waals surface area contributed by atoms with Crippen molar-refractivity contribution in [2.24, 2.45) is 0 Å². The zero-order chi connectivity index (χ0) is 9.64. The highest BCUT2D eigenvalue weighted by molar-refractivity contribution is 6.30. The minimum Gasteiger partial charge on any atom is -0.431 e. The number of hydrogen-bond donors (Lipinski definition) is 2.